The van der Waals surface area contributed by atoms with Gasteiger partial charge in [-0.25, -0.2) is 4.98 Å². The van der Waals surface area contributed by atoms with Crippen LogP contribution in [0.15, 0.2) is 12.3 Å². The van der Waals surface area contributed by atoms with E-state index in [9.17, 15) is 18.4 Å². The maximum absolute atomic E-state index is 12.1. The minimum atomic E-state index is -4.56. The molecule has 0 atom stereocenters. The van der Waals surface area contributed by atoms with E-state index in [1.807, 2.05) is 0 Å². The summed E-state index contributed by atoms with van der Waals surface area (Å²) in [7, 11) is 0. The zero-order chi connectivity index (χ0) is 11.5. The monoisotopic (exact) mass is 244 g/mol. The Balaban J connectivity index is 2.88. The zero-order valence-electron chi connectivity index (χ0n) is 6.75. The first kappa shape index (κ1) is 12.0. The first-order valence-electron chi connectivity index (χ1n) is 3.31. The van der Waals surface area contributed by atoms with Gasteiger partial charge in [0.05, 0.1) is 5.56 Å². The highest BCUT2D eigenvalue weighted by molar-refractivity contribution is 6.31. The zero-order valence-corrected chi connectivity index (χ0v) is 7.50. The lowest BCUT2D eigenvalue weighted by Gasteiger charge is -2.09. The van der Waals surface area contributed by atoms with E-state index in [1.165, 1.54) is 0 Å². The standard InChI is InChI=1S/C6H3ClF3NO4/c7-4-1-3(6(8,9)10)2-11-5(4)13-15-14-12/h1-2,12H/p-1. The van der Waals surface area contributed by atoms with Crippen LogP contribution in [0.1, 0.15) is 5.56 Å². The van der Waals surface area contributed by atoms with Gasteiger partial charge in [0.2, 0.25) is 0 Å². The van der Waals surface area contributed by atoms with Crippen LogP contribution in [-0.4, -0.2) is 4.98 Å². The van der Waals surface area contributed by atoms with Gasteiger partial charge < -0.3 is 5.26 Å². The fraction of sp³-hybridized carbons (Fsp3) is 0.167. The van der Waals surface area contributed by atoms with E-state index in [0.29, 0.717) is 12.3 Å². The Morgan fingerprint density at radius 2 is 2.07 bits per heavy atom. The third kappa shape index (κ3) is 3.20. The van der Waals surface area contributed by atoms with Crippen molar-refractivity contribution < 1.29 is 33.4 Å². The van der Waals surface area contributed by atoms with Crippen LogP contribution in [0.2, 0.25) is 5.02 Å². The van der Waals surface area contributed by atoms with Crippen molar-refractivity contribution in [1.29, 1.82) is 0 Å². The van der Waals surface area contributed by atoms with Gasteiger partial charge >= 0.3 is 6.18 Å². The van der Waals surface area contributed by atoms with E-state index < -0.39 is 22.6 Å². The Bertz CT molecular complexity index is 346. The predicted octanol–water partition coefficient (Wildman–Crippen LogP) is 1.27. The molecule has 0 aliphatic heterocycles. The molecule has 0 aliphatic carbocycles. The van der Waals surface area contributed by atoms with E-state index in [2.05, 4.69) is 19.9 Å². The van der Waals surface area contributed by atoms with Crippen molar-refractivity contribution in [2.45, 2.75) is 6.18 Å². The molecule has 0 aromatic carbocycles. The molecular weight excluding hydrogens is 243 g/mol. The van der Waals surface area contributed by atoms with E-state index in [-0.39, 0.29) is 0 Å². The van der Waals surface area contributed by atoms with Crippen LogP contribution >= 0.6 is 11.6 Å². The summed E-state index contributed by atoms with van der Waals surface area (Å²) in [6.45, 7) is 0. The molecule has 15 heavy (non-hydrogen) atoms. The van der Waals surface area contributed by atoms with E-state index in [0.717, 1.165) is 0 Å². The average molecular weight is 245 g/mol. The molecule has 1 rings (SSSR count). The van der Waals surface area contributed by atoms with Gasteiger partial charge in [0.1, 0.15) is 5.02 Å². The fourth-order valence-electron chi connectivity index (χ4n) is 0.688. The number of aromatic nitrogens is 1. The third-order valence-corrected chi connectivity index (χ3v) is 1.55. The predicted molar refractivity (Wildman–Crippen MR) is 37.0 cm³/mol. The topological polar surface area (TPSA) is 63.6 Å². The molecule has 0 saturated heterocycles. The normalized spacial score (nSPS) is 11.5. The molecular formula is C6H2ClF3NO4-. The fourth-order valence-corrected chi connectivity index (χ4v) is 0.886. The molecule has 0 unspecified atom stereocenters. The highest BCUT2D eigenvalue weighted by Crippen LogP contribution is 2.32. The molecule has 84 valence electrons. The van der Waals surface area contributed by atoms with Crippen molar-refractivity contribution in [3.63, 3.8) is 0 Å². The molecule has 9 heteroatoms. The molecule has 1 aromatic rings. The number of alkyl halides is 3. The quantitative estimate of drug-likeness (QED) is 0.592. The van der Waals surface area contributed by atoms with Crippen LogP contribution in [0.5, 0.6) is 5.88 Å². The van der Waals surface area contributed by atoms with Crippen molar-refractivity contribution in [2.24, 2.45) is 0 Å². The van der Waals surface area contributed by atoms with Gasteiger partial charge in [0.15, 0.2) is 0 Å². The van der Waals surface area contributed by atoms with Crippen LogP contribution in [0, 0.1) is 0 Å². The summed E-state index contributed by atoms with van der Waals surface area (Å²) in [5.74, 6) is -0.513. The lowest BCUT2D eigenvalue weighted by atomic mass is 10.3. The molecule has 0 bridgehead atoms. The van der Waals surface area contributed by atoms with Gasteiger partial charge in [0.25, 0.3) is 5.88 Å². The maximum Gasteiger partial charge on any atom is 0.417 e. The van der Waals surface area contributed by atoms with Crippen molar-refractivity contribution in [3.05, 3.63) is 22.8 Å². The average Bonchev–Trinajstić information content (AvgIpc) is 2.14. The third-order valence-electron chi connectivity index (χ3n) is 1.28. The lowest BCUT2D eigenvalue weighted by Crippen LogP contribution is -2.10. The number of halogens is 4. The summed E-state index contributed by atoms with van der Waals surface area (Å²) in [5.41, 5.74) is -1.05. The summed E-state index contributed by atoms with van der Waals surface area (Å²) in [6, 6.07) is 0.568. The maximum atomic E-state index is 12.1. The highest BCUT2D eigenvalue weighted by Gasteiger charge is 2.31. The number of nitrogens with zero attached hydrogens (tertiary/aromatic N) is 1. The summed E-state index contributed by atoms with van der Waals surface area (Å²) >= 11 is 5.35. The van der Waals surface area contributed by atoms with Gasteiger partial charge in [-0.15, -0.1) is 0 Å². The summed E-state index contributed by atoms with van der Waals surface area (Å²) < 4.78 is 36.3. The Kier molecular flexibility index (Phi) is 3.69. The second kappa shape index (κ2) is 4.62. The largest absolute Gasteiger partial charge is 0.689 e. The first-order valence-corrected chi connectivity index (χ1v) is 3.69. The highest BCUT2D eigenvalue weighted by atomic mass is 35.5. The molecule has 0 amide bonds. The number of hydrogen-bond acceptors (Lipinski definition) is 5. The molecule has 1 heterocycles. The van der Waals surface area contributed by atoms with Crippen LogP contribution in [0.3, 0.4) is 0 Å². The first-order chi connectivity index (χ1) is 6.95. The molecule has 0 radical (unpaired) electrons. The van der Waals surface area contributed by atoms with Gasteiger partial charge in [-0.1, -0.05) is 11.6 Å². The van der Waals surface area contributed by atoms with Crippen molar-refractivity contribution in [2.75, 3.05) is 0 Å². The Morgan fingerprint density at radius 1 is 1.40 bits per heavy atom. The van der Waals surface area contributed by atoms with E-state index in [1.54, 1.807) is 0 Å². The van der Waals surface area contributed by atoms with E-state index in [4.69, 9.17) is 11.6 Å². The minimum absolute atomic E-state index is 0.468. The Morgan fingerprint density at radius 3 is 2.53 bits per heavy atom. The molecule has 5 nitrogen and oxygen atoms in total. The Hall–Kier alpha value is -1.09. The molecule has 0 aliphatic rings. The van der Waals surface area contributed by atoms with Crippen molar-refractivity contribution >= 4 is 11.6 Å². The summed E-state index contributed by atoms with van der Waals surface area (Å²) in [5, 5.41) is 15.1. The number of hydrogen-bond donors (Lipinski definition) is 0. The lowest BCUT2D eigenvalue weighted by molar-refractivity contribution is -0.839. The van der Waals surface area contributed by atoms with Gasteiger partial charge in [-0.2, -0.15) is 13.2 Å². The van der Waals surface area contributed by atoms with Crippen LogP contribution in [-0.2, 0) is 16.3 Å². The SMILES string of the molecule is [O-]OOOc1ncc(C(F)(F)F)cc1Cl. The van der Waals surface area contributed by atoms with Crippen LogP contribution in [0.4, 0.5) is 13.2 Å². The molecule has 0 N–H and O–H groups in total. The smallest absolute Gasteiger partial charge is 0.417 e. The van der Waals surface area contributed by atoms with Crippen molar-refractivity contribution in [1.82, 2.24) is 4.98 Å². The molecule has 1 aromatic heterocycles. The van der Waals surface area contributed by atoms with Gasteiger partial charge in [-0.3, -0.25) is 9.93 Å². The second-order valence-electron chi connectivity index (χ2n) is 2.23. The summed E-state index contributed by atoms with van der Waals surface area (Å²) in [6.07, 6.45) is -4.10. The second-order valence-corrected chi connectivity index (χ2v) is 2.64. The van der Waals surface area contributed by atoms with Crippen molar-refractivity contribution in [3.8, 4) is 5.88 Å². The minimum Gasteiger partial charge on any atom is -0.689 e. The molecule has 0 spiro atoms. The van der Waals surface area contributed by atoms with Crippen LogP contribution < -0.4 is 10.1 Å². The van der Waals surface area contributed by atoms with E-state index >= 15 is 0 Å². The van der Waals surface area contributed by atoms with Gasteiger partial charge in [0, 0.05) is 6.20 Å². The van der Waals surface area contributed by atoms with Crippen LogP contribution in [0.25, 0.3) is 0 Å². The molecule has 0 saturated carbocycles. The number of pyridine rings is 1. The molecule has 0 fully saturated rings. The number of rotatable bonds is 3. The Labute approximate surface area is 85.7 Å². The summed E-state index contributed by atoms with van der Waals surface area (Å²) in [4.78, 5) is 7.17. The van der Waals surface area contributed by atoms with Gasteiger partial charge in [-0.05, 0) is 11.1 Å².